The molecule has 1 atom stereocenters. The van der Waals surface area contributed by atoms with E-state index in [0.29, 0.717) is 9.22 Å². The van der Waals surface area contributed by atoms with Gasteiger partial charge in [-0.05, 0) is 40.8 Å². The van der Waals surface area contributed by atoms with Gasteiger partial charge < -0.3 is 24.8 Å². The zero-order valence-electron chi connectivity index (χ0n) is 15.6. The number of aliphatic hydroxyl groups is 2. The fraction of sp³-hybridized carbons (Fsp3) is 0.263. The van der Waals surface area contributed by atoms with Crippen LogP contribution in [0.2, 0.25) is 0 Å². The Morgan fingerprint density at radius 3 is 2.62 bits per heavy atom. The van der Waals surface area contributed by atoms with Crippen LogP contribution in [0.5, 0.6) is 5.75 Å². The van der Waals surface area contributed by atoms with Crippen molar-refractivity contribution in [2.75, 3.05) is 18.5 Å². The Balaban J connectivity index is 2.21. The van der Waals surface area contributed by atoms with Crippen LogP contribution in [0.1, 0.15) is 0 Å². The number of pyridine rings is 2. The Hall–Kier alpha value is -2.44. The first-order chi connectivity index (χ1) is 13.7. The summed E-state index contributed by atoms with van der Waals surface area (Å²) in [5.41, 5.74) is -0.357. The van der Waals surface area contributed by atoms with Gasteiger partial charge in [0.25, 0.3) is 5.56 Å². The molecule has 3 aromatic rings. The summed E-state index contributed by atoms with van der Waals surface area (Å²) in [5.74, 6) is -0.599. The van der Waals surface area contributed by atoms with Crippen LogP contribution >= 0.6 is 22.6 Å². The number of halogens is 2. The number of aromatic nitrogens is 2. The topological polar surface area (TPSA) is 106 Å². The van der Waals surface area contributed by atoms with E-state index >= 15 is 0 Å². The number of ether oxygens (including phenoxy) is 1. The van der Waals surface area contributed by atoms with Crippen LogP contribution in [0, 0.1) is 9.39 Å². The quantitative estimate of drug-likeness (QED) is 0.430. The Labute approximate surface area is 178 Å². The van der Waals surface area contributed by atoms with Gasteiger partial charge in [0.05, 0.1) is 29.6 Å². The first kappa shape index (κ1) is 21.3. The van der Waals surface area contributed by atoms with E-state index < -0.39 is 24.0 Å². The molecular weight excluding hydrogens is 496 g/mol. The van der Waals surface area contributed by atoms with Gasteiger partial charge >= 0.3 is 0 Å². The summed E-state index contributed by atoms with van der Waals surface area (Å²) < 4.78 is 23.2. The molecule has 0 aliphatic carbocycles. The highest BCUT2D eigenvalue weighted by atomic mass is 127. The standard InChI is InChI=1S/C19H19FIN3O5/c1-23-7-15(29-9-11(26)8-25)18(28)17-14(6-16(27)24(2)19(17)23)22-13-4-3-10(21)5-12(13)20/h3-7,11,22,25-26H,8-9H2,1-2H3. The van der Waals surface area contributed by atoms with Crippen molar-refractivity contribution in [3.05, 3.63) is 60.4 Å². The number of fused-ring (bicyclic) bond motifs is 1. The van der Waals surface area contributed by atoms with Gasteiger partial charge in [0.1, 0.15) is 24.2 Å². The fourth-order valence-electron chi connectivity index (χ4n) is 2.92. The van der Waals surface area contributed by atoms with Crippen molar-refractivity contribution < 1.29 is 19.3 Å². The molecule has 8 nitrogen and oxygen atoms in total. The van der Waals surface area contributed by atoms with Gasteiger partial charge in [-0.2, -0.15) is 0 Å². The van der Waals surface area contributed by atoms with Gasteiger partial charge in [-0.3, -0.25) is 14.2 Å². The van der Waals surface area contributed by atoms with Crippen molar-refractivity contribution in [3.8, 4) is 5.75 Å². The molecule has 29 heavy (non-hydrogen) atoms. The summed E-state index contributed by atoms with van der Waals surface area (Å²) in [6, 6.07) is 5.75. The molecule has 0 spiro atoms. The van der Waals surface area contributed by atoms with Gasteiger partial charge in [0, 0.05) is 23.7 Å². The number of aryl methyl sites for hydroxylation is 2. The molecule has 0 aliphatic rings. The highest BCUT2D eigenvalue weighted by Gasteiger charge is 2.18. The highest BCUT2D eigenvalue weighted by Crippen LogP contribution is 2.26. The van der Waals surface area contributed by atoms with Crippen LogP contribution in [0.15, 0.2) is 40.1 Å². The molecule has 0 saturated carbocycles. The first-order valence-electron chi connectivity index (χ1n) is 8.60. The number of hydrogen-bond acceptors (Lipinski definition) is 6. The predicted octanol–water partition coefficient (Wildman–Crippen LogP) is 1.46. The number of nitrogens with zero attached hydrogens (tertiary/aromatic N) is 2. The van der Waals surface area contributed by atoms with Gasteiger partial charge in [0.2, 0.25) is 5.43 Å². The molecule has 0 aliphatic heterocycles. The van der Waals surface area contributed by atoms with Crippen LogP contribution in [0.3, 0.4) is 0 Å². The Morgan fingerprint density at radius 1 is 1.24 bits per heavy atom. The maximum absolute atomic E-state index is 14.3. The first-order valence-corrected chi connectivity index (χ1v) is 9.68. The molecule has 0 fully saturated rings. The molecule has 0 bridgehead atoms. The van der Waals surface area contributed by atoms with E-state index in [-0.39, 0.29) is 34.7 Å². The minimum absolute atomic E-state index is 0.0720. The van der Waals surface area contributed by atoms with Crippen molar-refractivity contribution in [1.82, 2.24) is 9.13 Å². The molecule has 2 aromatic heterocycles. The molecular formula is C19H19FIN3O5. The third kappa shape index (κ3) is 4.28. The van der Waals surface area contributed by atoms with Crippen molar-refractivity contribution in [3.63, 3.8) is 0 Å². The summed E-state index contributed by atoms with van der Waals surface area (Å²) in [6.07, 6.45) is 0.248. The molecule has 0 amide bonds. The molecule has 2 heterocycles. The largest absolute Gasteiger partial charge is 0.485 e. The van der Waals surface area contributed by atoms with Gasteiger partial charge in [-0.25, -0.2) is 4.39 Å². The van der Waals surface area contributed by atoms with Crippen LogP contribution < -0.4 is 21.0 Å². The molecule has 3 rings (SSSR count). The SMILES string of the molecule is Cn1cc(OCC(O)CO)c(=O)c2c(Nc3ccc(I)cc3F)cc(=O)n(C)c21. The number of nitrogens with one attached hydrogen (secondary N) is 1. The molecule has 10 heteroatoms. The lowest BCUT2D eigenvalue weighted by molar-refractivity contribution is 0.0531. The normalized spacial score (nSPS) is 12.2. The second-order valence-electron chi connectivity index (χ2n) is 6.48. The summed E-state index contributed by atoms with van der Waals surface area (Å²) in [4.78, 5) is 25.5. The molecule has 0 radical (unpaired) electrons. The third-order valence-electron chi connectivity index (χ3n) is 4.35. The van der Waals surface area contributed by atoms with Crippen LogP contribution in [-0.4, -0.2) is 38.7 Å². The maximum atomic E-state index is 14.3. The summed E-state index contributed by atoms with van der Waals surface area (Å²) in [5, 5.41) is 21.4. The Kier molecular flexibility index (Phi) is 6.24. The van der Waals surface area contributed by atoms with Crippen LogP contribution in [0.25, 0.3) is 11.0 Å². The number of rotatable bonds is 6. The summed E-state index contributed by atoms with van der Waals surface area (Å²) >= 11 is 1.98. The number of hydrogen-bond donors (Lipinski definition) is 3. The van der Waals surface area contributed by atoms with E-state index in [0.717, 1.165) is 0 Å². The van der Waals surface area contributed by atoms with Crippen LogP contribution in [0.4, 0.5) is 15.8 Å². The van der Waals surface area contributed by atoms with Crippen molar-refractivity contribution in [2.45, 2.75) is 6.10 Å². The average molecular weight is 515 g/mol. The van der Waals surface area contributed by atoms with E-state index in [2.05, 4.69) is 5.32 Å². The molecule has 3 N–H and O–H groups in total. The number of benzene rings is 1. The third-order valence-corrected chi connectivity index (χ3v) is 5.02. The Morgan fingerprint density at radius 2 is 1.97 bits per heavy atom. The Bertz CT molecular complexity index is 1190. The van der Waals surface area contributed by atoms with Crippen LogP contribution in [-0.2, 0) is 14.1 Å². The molecule has 0 saturated heterocycles. The average Bonchev–Trinajstić information content (AvgIpc) is 2.67. The molecule has 1 aromatic carbocycles. The van der Waals surface area contributed by atoms with E-state index in [4.69, 9.17) is 9.84 Å². The van der Waals surface area contributed by atoms with Crippen molar-refractivity contribution in [1.29, 1.82) is 0 Å². The van der Waals surface area contributed by atoms with E-state index in [9.17, 15) is 19.1 Å². The minimum atomic E-state index is -1.14. The summed E-state index contributed by atoms with van der Waals surface area (Å²) in [7, 11) is 3.15. The van der Waals surface area contributed by atoms with Gasteiger partial charge in [0.15, 0.2) is 5.75 Å². The maximum Gasteiger partial charge on any atom is 0.253 e. The minimum Gasteiger partial charge on any atom is -0.485 e. The van der Waals surface area contributed by atoms with E-state index in [1.165, 1.54) is 40.6 Å². The lowest BCUT2D eigenvalue weighted by Crippen LogP contribution is -2.26. The monoisotopic (exact) mass is 515 g/mol. The predicted molar refractivity (Wildman–Crippen MR) is 115 cm³/mol. The zero-order valence-corrected chi connectivity index (χ0v) is 17.8. The van der Waals surface area contributed by atoms with Crippen molar-refractivity contribution in [2.24, 2.45) is 14.1 Å². The van der Waals surface area contributed by atoms with Crippen molar-refractivity contribution >= 4 is 45.0 Å². The molecule has 154 valence electrons. The second-order valence-corrected chi connectivity index (χ2v) is 7.73. The lowest BCUT2D eigenvalue weighted by atomic mass is 10.2. The molecule has 1 unspecified atom stereocenters. The lowest BCUT2D eigenvalue weighted by Gasteiger charge is -2.17. The van der Waals surface area contributed by atoms with Gasteiger partial charge in [-0.15, -0.1) is 0 Å². The van der Waals surface area contributed by atoms with E-state index in [1.54, 1.807) is 13.1 Å². The number of anilines is 2. The zero-order chi connectivity index (χ0) is 21.3. The second kappa shape index (κ2) is 8.51. The summed E-state index contributed by atoms with van der Waals surface area (Å²) in [6.45, 7) is -0.793. The highest BCUT2D eigenvalue weighted by molar-refractivity contribution is 14.1. The fourth-order valence-corrected chi connectivity index (χ4v) is 3.37. The van der Waals surface area contributed by atoms with Gasteiger partial charge in [-0.1, -0.05) is 0 Å². The smallest absolute Gasteiger partial charge is 0.253 e. The number of aliphatic hydroxyl groups excluding tert-OH is 2. The van der Waals surface area contributed by atoms with E-state index in [1.807, 2.05) is 22.6 Å².